The molecule has 0 saturated heterocycles. The SMILES string of the molecule is NCCCOc1ccc2ccc(=O)n(CCNC3CCCCC3)c2n1. The maximum absolute atomic E-state index is 12.3. The zero-order chi connectivity index (χ0) is 17.5. The summed E-state index contributed by atoms with van der Waals surface area (Å²) in [6.45, 7) is 2.52. The second-order valence-electron chi connectivity index (χ2n) is 6.67. The molecule has 1 saturated carbocycles. The Hall–Kier alpha value is -1.92. The van der Waals surface area contributed by atoms with Crippen molar-refractivity contribution in [1.29, 1.82) is 0 Å². The predicted octanol–water partition coefficient (Wildman–Crippen LogP) is 2.05. The lowest BCUT2D eigenvalue weighted by atomic mass is 9.95. The first-order valence-corrected chi connectivity index (χ1v) is 9.35. The molecule has 1 fully saturated rings. The molecule has 6 heteroatoms. The molecular formula is C19H28N4O2. The summed E-state index contributed by atoms with van der Waals surface area (Å²) in [5, 5.41) is 4.53. The molecule has 3 N–H and O–H groups in total. The summed E-state index contributed by atoms with van der Waals surface area (Å²) >= 11 is 0. The van der Waals surface area contributed by atoms with Crippen LogP contribution >= 0.6 is 0 Å². The van der Waals surface area contributed by atoms with Gasteiger partial charge in [-0.1, -0.05) is 19.3 Å². The van der Waals surface area contributed by atoms with Gasteiger partial charge in [0.05, 0.1) is 6.61 Å². The lowest BCUT2D eigenvalue weighted by Gasteiger charge is -2.23. The summed E-state index contributed by atoms with van der Waals surface area (Å²) in [6, 6.07) is 7.81. The van der Waals surface area contributed by atoms with Gasteiger partial charge in [0.2, 0.25) is 5.88 Å². The van der Waals surface area contributed by atoms with Gasteiger partial charge in [-0.3, -0.25) is 9.36 Å². The van der Waals surface area contributed by atoms with Crippen molar-refractivity contribution < 1.29 is 4.74 Å². The van der Waals surface area contributed by atoms with Crippen molar-refractivity contribution in [2.24, 2.45) is 5.73 Å². The van der Waals surface area contributed by atoms with Gasteiger partial charge in [-0.25, -0.2) is 0 Å². The minimum absolute atomic E-state index is 0.0236. The summed E-state index contributed by atoms with van der Waals surface area (Å²) in [7, 11) is 0. The number of ether oxygens (including phenoxy) is 1. The van der Waals surface area contributed by atoms with Gasteiger partial charge < -0.3 is 15.8 Å². The third kappa shape index (κ3) is 4.80. The Morgan fingerprint density at radius 1 is 1.20 bits per heavy atom. The Morgan fingerprint density at radius 3 is 2.80 bits per heavy atom. The molecule has 1 aliphatic carbocycles. The maximum atomic E-state index is 12.3. The summed E-state index contributed by atoms with van der Waals surface area (Å²) in [5.74, 6) is 0.542. The van der Waals surface area contributed by atoms with E-state index in [9.17, 15) is 4.79 Å². The van der Waals surface area contributed by atoms with Gasteiger partial charge in [0.25, 0.3) is 5.56 Å². The molecule has 0 amide bonds. The van der Waals surface area contributed by atoms with Crippen LogP contribution in [0.1, 0.15) is 38.5 Å². The van der Waals surface area contributed by atoms with Crippen LogP contribution in [0, 0.1) is 0 Å². The highest BCUT2D eigenvalue weighted by Gasteiger charge is 2.13. The first kappa shape index (κ1) is 17.9. The Morgan fingerprint density at radius 2 is 2.00 bits per heavy atom. The van der Waals surface area contributed by atoms with Gasteiger partial charge in [-0.2, -0.15) is 4.98 Å². The van der Waals surface area contributed by atoms with Gasteiger partial charge in [-0.15, -0.1) is 0 Å². The van der Waals surface area contributed by atoms with E-state index in [2.05, 4.69) is 10.3 Å². The highest BCUT2D eigenvalue weighted by atomic mass is 16.5. The van der Waals surface area contributed by atoms with Gasteiger partial charge in [0.15, 0.2) is 0 Å². The summed E-state index contributed by atoms with van der Waals surface area (Å²) < 4.78 is 7.36. The van der Waals surface area contributed by atoms with Crippen LogP contribution in [0.4, 0.5) is 0 Å². The number of fused-ring (bicyclic) bond motifs is 1. The number of nitrogens with two attached hydrogens (primary N) is 1. The number of pyridine rings is 2. The van der Waals surface area contributed by atoms with Crippen LogP contribution in [-0.4, -0.2) is 35.3 Å². The zero-order valence-corrected chi connectivity index (χ0v) is 14.7. The molecular weight excluding hydrogens is 316 g/mol. The van der Waals surface area contributed by atoms with Crippen LogP contribution in [-0.2, 0) is 6.54 Å². The van der Waals surface area contributed by atoms with Crippen molar-refractivity contribution in [1.82, 2.24) is 14.9 Å². The first-order valence-electron chi connectivity index (χ1n) is 9.35. The molecule has 2 heterocycles. The smallest absolute Gasteiger partial charge is 0.252 e. The maximum Gasteiger partial charge on any atom is 0.252 e. The van der Waals surface area contributed by atoms with Crippen molar-refractivity contribution in [3.05, 3.63) is 34.6 Å². The van der Waals surface area contributed by atoms with E-state index in [1.807, 2.05) is 18.2 Å². The van der Waals surface area contributed by atoms with Gasteiger partial charge in [0, 0.05) is 36.7 Å². The van der Waals surface area contributed by atoms with Crippen molar-refractivity contribution in [2.75, 3.05) is 19.7 Å². The molecule has 1 aliphatic rings. The van der Waals surface area contributed by atoms with Crippen molar-refractivity contribution in [3.63, 3.8) is 0 Å². The van der Waals surface area contributed by atoms with E-state index in [-0.39, 0.29) is 5.56 Å². The number of hydrogen-bond donors (Lipinski definition) is 2. The Labute approximate surface area is 148 Å². The second-order valence-corrected chi connectivity index (χ2v) is 6.67. The summed E-state index contributed by atoms with van der Waals surface area (Å²) in [6.07, 6.45) is 7.21. The Kier molecular flexibility index (Phi) is 6.42. The summed E-state index contributed by atoms with van der Waals surface area (Å²) in [5.41, 5.74) is 6.15. The molecule has 3 rings (SSSR count). The van der Waals surface area contributed by atoms with Crippen molar-refractivity contribution >= 4 is 11.0 Å². The van der Waals surface area contributed by atoms with E-state index in [1.165, 1.54) is 32.1 Å². The van der Waals surface area contributed by atoms with Crippen molar-refractivity contribution in [2.45, 2.75) is 51.1 Å². The molecule has 0 aromatic carbocycles. The van der Waals surface area contributed by atoms with Crippen LogP contribution in [0.25, 0.3) is 11.0 Å². The average molecular weight is 344 g/mol. The molecule has 25 heavy (non-hydrogen) atoms. The third-order valence-electron chi connectivity index (χ3n) is 4.78. The minimum Gasteiger partial charge on any atom is -0.478 e. The monoisotopic (exact) mass is 344 g/mol. The van der Waals surface area contributed by atoms with Gasteiger partial charge in [-0.05, 0) is 37.9 Å². The molecule has 0 radical (unpaired) electrons. The fourth-order valence-corrected chi connectivity index (χ4v) is 3.39. The number of nitrogens with zero attached hydrogens (tertiary/aromatic N) is 2. The van der Waals surface area contributed by atoms with Crippen LogP contribution in [0.3, 0.4) is 0 Å². The van der Waals surface area contributed by atoms with Gasteiger partial charge in [0.1, 0.15) is 5.65 Å². The quantitative estimate of drug-likeness (QED) is 0.716. The fraction of sp³-hybridized carbons (Fsp3) is 0.579. The largest absolute Gasteiger partial charge is 0.478 e. The van der Waals surface area contributed by atoms with Crippen molar-refractivity contribution in [3.8, 4) is 5.88 Å². The highest BCUT2D eigenvalue weighted by molar-refractivity contribution is 5.75. The predicted molar refractivity (Wildman–Crippen MR) is 100 cm³/mol. The van der Waals surface area contributed by atoms with E-state index in [0.29, 0.717) is 37.3 Å². The zero-order valence-electron chi connectivity index (χ0n) is 14.7. The Balaban J connectivity index is 1.71. The fourth-order valence-electron chi connectivity index (χ4n) is 3.39. The van der Waals surface area contributed by atoms with Gasteiger partial charge >= 0.3 is 0 Å². The molecule has 6 nitrogen and oxygen atoms in total. The van der Waals surface area contributed by atoms with Crippen LogP contribution < -0.4 is 21.3 Å². The molecule has 0 unspecified atom stereocenters. The molecule has 2 aromatic heterocycles. The van der Waals surface area contributed by atoms with Crippen LogP contribution in [0.2, 0.25) is 0 Å². The molecule has 0 atom stereocenters. The van der Waals surface area contributed by atoms with E-state index >= 15 is 0 Å². The van der Waals surface area contributed by atoms with E-state index in [1.54, 1.807) is 10.6 Å². The number of rotatable bonds is 8. The lowest BCUT2D eigenvalue weighted by Crippen LogP contribution is -2.35. The van der Waals surface area contributed by atoms with Crippen LogP contribution in [0.5, 0.6) is 5.88 Å². The Bertz CT molecular complexity index is 738. The lowest BCUT2D eigenvalue weighted by molar-refractivity contribution is 0.302. The molecule has 0 spiro atoms. The van der Waals surface area contributed by atoms with E-state index in [4.69, 9.17) is 10.5 Å². The number of aromatic nitrogens is 2. The average Bonchev–Trinajstić information content (AvgIpc) is 2.65. The number of nitrogens with one attached hydrogen (secondary N) is 1. The van der Waals surface area contributed by atoms with E-state index in [0.717, 1.165) is 18.4 Å². The molecule has 2 aromatic rings. The standard InChI is InChI=1S/C19H28N4O2/c20-11-4-14-25-17-9-7-15-8-10-18(24)23(19(15)22-17)13-12-21-16-5-2-1-3-6-16/h7-10,16,21H,1-6,11-14,20H2. The first-order chi connectivity index (χ1) is 12.3. The minimum atomic E-state index is -0.0236. The highest BCUT2D eigenvalue weighted by Crippen LogP contribution is 2.18. The molecule has 136 valence electrons. The number of hydrogen-bond acceptors (Lipinski definition) is 5. The molecule has 0 aliphatic heterocycles. The topological polar surface area (TPSA) is 82.2 Å². The third-order valence-corrected chi connectivity index (χ3v) is 4.78. The molecule has 0 bridgehead atoms. The van der Waals surface area contributed by atoms with Crippen LogP contribution in [0.15, 0.2) is 29.1 Å². The normalized spacial score (nSPS) is 15.6. The van der Waals surface area contributed by atoms with E-state index < -0.39 is 0 Å². The summed E-state index contributed by atoms with van der Waals surface area (Å²) in [4.78, 5) is 16.9. The second kappa shape index (κ2) is 8.97.